The predicted octanol–water partition coefficient (Wildman–Crippen LogP) is 1.59. The van der Waals surface area contributed by atoms with Crippen LogP contribution in [0.1, 0.15) is 36.4 Å². The van der Waals surface area contributed by atoms with E-state index in [0.717, 1.165) is 37.2 Å². The van der Waals surface area contributed by atoms with Crippen molar-refractivity contribution in [3.63, 3.8) is 0 Å². The Balaban J connectivity index is 1.74. The van der Waals surface area contributed by atoms with Crippen LogP contribution in [0.5, 0.6) is 5.75 Å². The van der Waals surface area contributed by atoms with Crippen LogP contribution in [-0.4, -0.2) is 37.4 Å². The number of aliphatic hydroxyl groups excluding tert-OH is 1. The van der Waals surface area contributed by atoms with Gasteiger partial charge >= 0.3 is 0 Å². The molecule has 1 fully saturated rings. The first-order chi connectivity index (χ1) is 10.7. The fourth-order valence-electron chi connectivity index (χ4n) is 3.22. The highest BCUT2D eigenvalue weighted by Gasteiger charge is 2.36. The summed E-state index contributed by atoms with van der Waals surface area (Å²) in [6.45, 7) is 1.15. The number of ether oxygens (including phenoxy) is 2. The van der Waals surface area contributed by atoms with Crippen molar-refractivity contribution in [1.29, 1.82) is 0 Å². The second-order valence-corrected chi connectivity index (χ2v) is 6.14. The molecule has 1 aromatic carbocycles. The molecule has 5 heteroatoms. The summed E-state index contributed by atoms with van der Waals surface area (Å²) in [6.07, 6.45) is 2.52. The topological polar surface area (TPSA) is 67.8 Å². The summed E-state index contributed by atoms with van der Waals surface area (Å²) in [5, 5.41) is 12.7. The zero-order chi connectivity index (χ0) is 15.5. The Kier molecular flexibility index (Phi) is 4.64. The molecule has 2 aliphatic rings. The number of rotatable bonds is 6. The molecular weight excluding hydrogens is 282 g/mol. The number of carbonyl (C=O) groups excluding carboxylic acids is 1. The second kappa shape index (κ2) is 6.67. The van der Waals surface area contributed by atoms with Crippen molar-refractivity contribution in [2.24, 2.45) is 5.92 Å². The highest BCUT2D eigenvalue weighted by molar-refractivity contribution is 5.76. The fourth-order valence-corrected chi connectivity index (χ4v) is 3.22. The van der Waals surface area contributed by atoms with Gasteiger partial charge in [-0.1, -0.05) is 6.07 Å². The van der Waals surface area contributed by atoms with E-state index in [-0.39, 0.29) is 18.1 Å². The summed E-state index contributed by atoms with van der Waals surface area (Å²) in [6, 6.07) is 6.10. The third kappa shape index (κ3) is 3.25. The molecule has 0 bridgehead atoms. The molecular formula is C17H23NO4. The van der Waals surface area contributed by atoms with Gasteiger partial charge in [-0.25, -0.2) is 0 Å². The second-order valence-electron chi connectivity index (χ2n) is 6.14. The smallest absolute Gasteiger partial charge is 0.222 e. The first-order valence-corrected chi connectivity index (χ1v) is 7.89. The Labute approximate surface area is 130 Å². The normalized spacial score (nSPS) is 24.1. The molecule has 1 aliphatic carbocycles. The summed E-state index contributed by atoms with van der Waals surface area (Å²) in [5.41, 5.74) is 2.31. The molecule has 1 aliphatic heterocycles. The minimum absolute atomic E-state index is 0.00927. The first kappa shape index (κ1) is 15.3. The zero-order valence-corrected chi connectivity index (χ0v) is 12.9. The van der Waals surface area contributed by atoms with Crippen molar-refractivity contribution in [2.75, 3.05) is 20.3 Å². The van der Waals surface area contributed by atoms with E-state index in [1.54, 1.807) is 7.11 Å². The van der Waals surface area contributed by atoms with Crippen molar-refractivity contribution in [3.05, 3.63) is 29.3 Å². The van der Waals surface area contributed by atoms with Crippen LogP contribution in [0.3, 0.4) is 0 Å². The van der Waals surface area contributed by atoms with E-state index in [1.807, 2.05) is 12.1 Å². The molecule has 1 saturated carbocycles. The highest BCUT2D eigenvalue weighted by atomic mass is 16.5. The molecule has 1 aromatic rings. The number of benzene rings is 1. The van der Waals surface area contributed by atoms with Crippen molar-refractivity contribution >= 4 is 5.91 Å². The highest BCUT2D eigenvalue weighted by Crippen LogP contribution is 2.39. The molecule has 3 rings (SSSR count). The van der Waals surface area contributed by atoms with Gasteiger partial charge in [-0.05, 0) is 42.0 Å². The van der Waals surface area contributed by atoms with Gasteiger partial charge in [0.15, 0.2) is 0 Å². The molecule has 22 heavy (non-hydrogen) atoms. The number of carbonyl (C=O) groups is 1. The van der Waals surface area contributed by atoms with Crippen LogP contribution in [0.15, 0.2) is 18.2 Å². The van der Waals surface area contributed by atoms with E-state index < -0.39 is 0 Å². The van der Waals surface area contributed by atoms with E-state index in [2.05, 4.69) is 11.4 Å². The molecule has 0 unspecified atom stereocenters. The number of amides is 1. The summed E-state index contributed by atoms with van der Waals surface area (Å²) in [5.74, 6) is 1.23. The van der Waals surface area contributed by atoms with Crippen LogP contribution in [-0.2, 0) is 16.0 Å². The lowest BCUT2D eigenvalue weighted by atomic mass is 9.75. The fraction of sp³-hybridized carbons (Fsp3) is 0.588. The molecule has 0 saturated heterocycles. The van der Waals surface area contributed by atoms with Gasteiger partial charge in [-0.2, -0.15) is 0 Å². The number of fused-ring (bicyclic) bond motifs is 1. The third-order valence-electron chi connectivity index (χ3n) is 4.54. The third-order valence-corrected chi connectivity index (χ3v) is 4.54. The Morgan fingerprint density at radius 1 is 1.50 bits per heavy atom. The molecule has 1 amide bonds. The van der Waals surface area contributed by atoms with Crippen molar-refractivity contribution in [3.8, 4) is 5.75 Å². The standard InChI is InChI=1S/C17H23NO4/c1-21-6-5-16(20)18-17(13-9-14(19)10-13)12-2-3-15-11(8-12)4-7-22-15/h2-3,8,13-14,17,19H,4-7,9-10H2,1H3,(H,18,20)/t13?,14?,17-/m1/s1. The molecule has 1 atom stereocenters. The van der Waals surface area contributed by atoms with E-state index in [1.165, 1.54) is 5.56 Å². The SMILES string of the molecule is COCCC(=O)N[C@H](c1ccc2c(c1)CCO2)C1CC(O)C1. The van der Waals surface area contributed by atoms with E-state index in [9.17, 15) is 9.90 Å². The molecule has 0 aromatic heterocycles. The van der Waals surface area contributed by atoms with E-state index >= 15 is 0 Å². The average Bonchev–Trinajstić information content (AvgIpc) is 2.95. The molecule has 120 valence electrons. The monoisotopic (exact) mass is 305 g/mol. The van der Waals surface area contributed by atoms with E-state index in [0.29, 0.717) is 18.9 Å². The molecule has 1 heterocycles. The number of methoxy groups -OCH3 is 1. The minimum atomic E-state index is -0.235. The van der Waals surface area contributed by atoms with Crippen LogP contribution in [0.2, 0.25) is 0 Å². The maximum atomic E-state index is 12.1. The van der Waals surface area contributed by atoms with Gasteiger partial charge in [0, 0.05) is 20.0 Å². The largest absolute Gasteiger partial charge is 0.493 e. The van der Waals surface area contributed by atoms with Gasteiger partial charge < -0.3 is 19.9 Å². The number of hydrogen-bond donors (Lipinski definition) is 2. The van der Waals surface area contributed by atoms with Gasteiger partial charge in [-0.3, -0.25) is 4.79 Å². The molecule has 5 nitrogen and oxygen atoms in total. The lowest BCUT2D eigenvalue weighted by Crippen LogP contribution is -2.41. The lowest BCUT2D eigenvalue weighted by Gasteiger charge is -2.38. The number of nitrogens with one attached hydrogen (secondary N) is 1. The van der Waals surface area contributed by atoms with Crippen molar-refractivity contribution in [1.82, 2.24) is 5.32 Å². The summed E-state index contributed by atoms with van der Waals surface area (Å²) < 4.78 is 10.5. The van der Waals surface area contributed by atoms with Crippen LogP contribution in [0.4, 0.5) is 0 Å². The number of aliphatic hydroxyl groups is 1. The van der Waals surface area contributed by atoms with Crippen LogP contribution >= 0.6 is 0 Å². The summed E-state index contributed by atoms with van der Waals surface area (Å²) in [7, 11) is 1.59. The van der Waals surface area contributed by atoms with Gasteiger partial charge in [0.1, 0.15) is 5.75 Å². The zero-order valence-electron chi connectivity index (χ0n) is 12.9. The Morgan fingerprint density at radius 2 is 2.32 bits per heavy atom. The Hall–Kier alpha value is -1.59. The maximum Gasteiger partial charge on any atom is 0.222 e. The Morgan fingerprint density at radius 3 is 3.05 bits per heavy atom. The average molecular weight is 305 g/mol. The molecule has 2 N–H and O–H groups in total. The van der Waals surface area contributed by atoms with Crippen molar-refractivity contribution < 1.29 is 19.4 Å². The van der Waals surface area contributed by atoms with Gasteiger partial charge in [-0.15, -0.1) is 0 Å². The molecule has 0 radical (unpaired) electrons. The van der Waals surface area contributed by atoms with Crippen LogP contribution in [0.25, 0.3) is 0 Å². The summed E-state index contributed by atoms with van der Waals surface area (Å²) >= 11 is 0. The molecule has 0 spiro atoms. The van der Waals surface area contributed by atoms with Crippen LogP contribution < -0.4 is 10.1 Å². The maximum absolute atomic E-state index is 12.1. The van der Waals surface area contributed by atoms with Gasteiger partial charge in [0.05, 0.1) is 25.4 Å². The van der Waals surface area contributed by atoms with Gasteiger partial charge in [0.25, 0.3) is 0 Å². The first-order valence-electron chi connectivity index (χ1n) is 7.89. The summed E-state index contributed by atoms with van der Waals surface area (Å²) in [4.78, 5) is 12.1. The minimum Gasteiger partial charge on any atom is -0.493 e. The quantitative estimate of drug-likeness (QED) is 0.837. The van der Waals surface area contributed by atoms with E-state index in [4.69, 9.17) is 9.47 Å². The van der Waals surface area contributed by atoms with Gasteiger partial charge in [0.2, 0.25) is 5.91 Å². The number of hydrogen-bond acceptors (Lipinski definition) is 4. The lowest BCUT2D eigenvalue weighted by molar-refractivity contribution is -0.123. The Bertz CT molecular complexity index is 539. The van der Waals surface area contributed by atoms with Crippen LogP contribution in [0, 0.1) is 5.92 Å². The predicted molar refractivity (Wildman–Crippen MR) is 81.7 cm³/mol. The van der Waals surface area contributed by atoms with Crippen molar-refractivity contribution in [2.45, 2.75) is 37.8 Å².